The van der Waals surface area contributed by atoms with Gasteiger partial charge in [-0.1, -0.05) is 29.8 Å². The van der Waals surface area contributed by atoms with E-state index in [9.17, 15) is 0 Å². The summed E-state index contributed by atoms with van der Waals surface area (Å²) < 4.78 is 5.57. The zero-order valence-corrected chi connectivity index (χ0v) is 10.6. The molecule has 0 aliphatic rings. The molecule has 0 amide bonds. The highest BCUT2D eigenvalue weighted by molar-refractivity contribution is 6.30. The van der Waals surface area contributed by atoms with E-state index in [0.29, 0.717) is 16.5 Å². The molecule has 2 N–H and O–H groups in total. The fourth-order valence-electron chi connectivity index (χ4n) is 1.70. The molecule has 2 aromatic carbocycles. The lowest BCUT2D eigenvalue weighted by Crippen LogP contribution is -1.95. The number of nitrogens with two attached hydrogens (primary N) is 1. The van der Waals surface area contributed by atoms with E-state index < -0.39 is 0 Å². The van der Waals surface area contributed by atoms with Crippen LogP contribution in [0, 0.1) is 0 Å². The van der Waals surface area contributed by atoms with Gasteiger partial charge in [-0.3, -0.25) is 0 Å². The van der Waals surface area contributed by atoms with Gasteiger partial charge < -0.3 is 10.5 Å². The molecule has 5 heteroatoms. The topological polar surface area (TPSA) is 61.0 Å². The van der Waals surface area contributed by atoms with Crippen molar-refractivity contribution in [2.45, 2.75) is 0 Å². The monoisotopic (exact) mass is 271 g/mol. The standard InChI is InChI=1S/C14H10ClN3O/c15-10-5-6-11(16)13(7-10)19-14-17-8-9-3-1-2-4-12(9)18-14/h1-8H,16H2. The van der Waals surface area contributed by atoms with Crippen molar-refractivity contribution in [2.75, 3.05) is 5.73 Å². The number of nitrogens with zero attached hydrogens (tertiary/aromatic N) is 2. The molecule has 1 aromatic heterocycles. The highest BCUT2D eigenvalue weighted by Crippen LogP contribution is 2.29. The number of fused-ring (bicyclic) bond motifs is 1. The van der Waals surface area contributed by atoms with E-state index in [-0.39, 0.29) is 6.01 Å². The molecule has 3 aromatic rings. The molecular weight excluding hydrogens is 262 g/mol. The van der Waals surface area contributed by atoms with E-state index in [1.54, 1.807) is 24.4 Å². The Labute approximate surface area is 114 Å². The van der Waals surface area contributed by atoms with Crippen LogP contribution in [0.2, 0.25) is 5.02 Å². The molecule has 0 saturated carbocycles. The van der Waals surface area contributed by atoms with Crippen LogP contribution in [0.1, 0.15) is 0 Å². The van der Waals surface area contributed by atoms with Gasteiger partial charge in [-0.05, 0) is 18.2 Å². The molecule has 0 atom stereocenters. The van der Waals surface area contributed by atoms with Crippen LogP contribution in [0.15, 0.2) is 48.7 Å². The normalized spacial score (nSPS) is 10.6. The summed E-state index contributed by atoms with van der Waals surface area (Å²) in [5, 5.41) is 1.50. The molecule has 0 fully saturated rings. The van der Waals surface area contributed by atoms with Gasteiger partial charge in [0.1, 0.15) is 0 Å². The molecule has 4 nitrogen and oxygen atoms in total. The molecule has 0 radical (unpaired) electrons. The predicted octanol–water partition coefficient (Wildman–Crippen LogP) is 3.66. The number of hydrogen-bond donors (Lipinski definition) is 1. The Morgan fingerprint density at radius 3 is 2.84 bits per heavy atom. The van der Waals surface area contributed by atoms with Gasteiger partial charge in [0.05, 0.1) is 11.2 Å². The van der Waals surface area contributed by atoms with E-state index >= 15 is 0 Å². The molecule has 0 unspecified atom stereocenters. The molecule has 0 saturated heterocycles. The number of ether oxygens (including phenoxy) is 1. The lowest BCUT2D eigenvalue weighted by molar-refractivity contribution is 0.446. The molecule has 94 valence electrons. The summed E-state index contributed by atoms with van der Waals surface area (Å²) in [4.78, 5) is 8.45. The van der Waals surface area contributed by atoms with Crippen LogP contribution < -0.4 is 10.5 Å². The largest absolute Gasteiger partial charge is 0.422 e. The summed E-state index contributed by atoms with van der Waals surface area (Å²) in [5.41, 5.74) is 7.11. The lowest BCUT2D eigenvalue weighted by Gasteiger charge is -2.07. The Hall–Kier alpha value is -2.33. The van der Waals surface area contributed by atoms with Crippen molar-refractivity contribution in [3.8, 4) is 11.8 Å². The number of anilines is 1. The van der Waals surface area contributed by atoms with Crippen molar-refractivity contribution in [3.05, 3.63) is 53.7 Å². The zero-order chi connectivity index (χ0) is 13.2. The minimum absolute atomic E-state index is 0.243. The number of halogens is 1. The molecular formula is C14H10ClN3O. The van der Waals surface area contributed by atoms with Crippen LogP contribution in [-0.4, -0.2) is 9.97 Å². The van der Waals surface area contributed by atoms with Crippen molar-refractivity contribution in [3.63, 3.8) is 0 Å². The highest BCUT2D eigenvalue weighted by Gasteiger charge is 2.06. The summed E-state index contributed by atoms with van der Waals surface area (Å²) >= 11 is 5.90. The van der Waals surface area contributed by atoms with Gasteiger partial charge >= 0.3 is 6.01 Å². The van der Waals surface area contributed by atoms with E-state index in [2.05, 4.69) is 9.97 Å². The number of hydrogen-bond acceptors (Lipinski definition) is 4. The number of nitrogen functional groups attached to an aromatic ring is 1. The Bertz CT molecular complexity index is 746. The third-order valence-corrected chi connectivity index (χ3v) is 2.88. The fourth-order valence-corrected chi connectivity index (χ4v) is 1.86. The number of rotatable bonds is 2. The average Bonchev–Trinajstić information content (AvgIpc) is 2.43. The summed E-state index contributed by atoms with van der Waals surface area (Å²) in [5.74, 6) is 0.447. The fraction of sp³-hybridized carbons (Fsp3) is 0. The van der Waals surface area contributed by atoms with Crippen molar-refractivity contribution in [1.82, 2.24) is 9.97 Å². The Balaban J connectivity index is 1.98. The molecule has 19 heavy (non-hydrogen) atoms. The highest BCUT2D eigenvalue weighted by atomic mass is 35.5. The lowest BCUT2D eigenvalue weighted by atomic mass is 10.2. The van der Waals surface area contributed by atoms with Crippen LogP contribution >= 0.6 is 11.6 Å². The third kappa shape index (κ3) is 2.44. The molecule has 3 rings (SSSR count). The van der Waals surface area contributed by atoms with Gasteiger partial charge in [0.15, 0.2) is 5.75 Å². The first kappa shape index (κ1) is 11.7. The first-order valence-corrected chi connectivity index (χ1v) is 6.05. The van der Waals surface area contributed by atoms with Crippen molar-refractivity contribution in [1.29, 1.82) is 0 Å². The number of benzene rings is 2. The molecule has 0 aliphatic heterocycles. The number of para-hydroxylation sites is 1. The second-order valence-electron chi connectivity index (χ2n) is 4.00. The predicted molar refractivity (Wildman–Crippen MR) is 75.5 cm³/mol. The van der Waals surface area contributed by atoms with Gasteiger partial charge in [-0.25, -0.2) is 4.98 Å². The minimum atomic E-state index is 0.243. The van der Waals surface area contributed by atoms with Crippen LogP contribution in [0.4, 0.5) is 5.69 Å². The van der Waals surface area contributed by atoms with Crippen molar-refractivity contribution in [2.24, 2.45) is 0 Å². The average molecular weight is 272 g/mol. The van der Waals surface area contributed by atoms with E-state index in [4.69, 9.17) is 22.1 Å². The van der Waals surface area contributed by atoms with Gasteiger partial charge in [0.2, 0.25) is 0 Å². The second kappa shape index (κ2) is 4.74. The summed E-state index contributed by atoms with van der Waals surface area (Å²) in [6.45, 7) is 0. The van der Waals surface area contributed by atoms with E-state index in [1.165, 1.54) is 0 Å². The maximum absolute atomic E-state index is 5.90. The smallest absolute Gasteiger partial charge is 0.322 e. The second-order valence-corrected chi connectivity index (χ2v) is 4.43. The maximum atomic E-state index is 5.90. The molecule has 0 aliphatic carbocycles. The molecule has 0 spiro atoms. The summed E-state index contributed by atoms with van der Waals surface area (Å²) in [7, 11) is 0. The van der Waals surface area contributed by atoms with E-state index in [1.807, 2.05) is 24.3 Å². The SMILES string of the molecule is Nc1ccc(Cl)cc1Oc1ncc2ccccc2n1. The zero-order valence-electron chi connectivity index (χ0n) is 9.88. The Morgan fingerprint density at radius 1 is 1.11 bits per heavy atom. The van der Waals surface area contributed by atoms with Gasteiger partial charge in [0.25, 0.3) is 0 Å². The summed E-state index contributed by atoms with van der Waals surface area (Å²) in [6.07, 6.45) is 1.71. The third-order valence-electron chi connectivity index (χ3n) is 2.64. The number of aromatic nitrogens is 2. The van der Waals surface area contributed by atoms with Gasteiger partial charge in [-0.2, -0.15) is 4.98 Å². The van der Waals surface area contributed by atoms with Gasteiger partial charge in [-0.15, -0.1) is 0 Å². The van der Waals surface area contributed by atoms with Crippen LogP contribution in [0.3, 0.4) is 0 Å². The van der Waals surface area contributed by atoms with Crippen LogP contribution in [-0.2, 0) is 0 Å². The Kier molecular flexibility index (Phi) is 2.93. The van der Waals surface area contributed by atoms with Crippen molar-refractivity contribution >= 4 is 28.2 Å². The summed E-state index contributed by atoms with van der Waals surface area (Å²) in [6, 6.07) is 12.9. The van der Waals surface area contributed by atoms with Crippen molar-refractivity contribution < 1.29 is 4.74 Å². The minimum Gasteiger partial charge on any atom is -0.422 e. The van der Waals surface area contributed by atoms with E-state index in [0.717, 1.165) is 10.9 Å². The molecule has 0 bridgehead atoms. The first-order chi connectivity index (χ1) is 9.22. The maximum Gasteiger partial charge on any atom is 0.322 e. The Morgan fingerprint density at radius 2 is 1.95 bits per heavy atom. The van der Waals surface area contributed by atoms with Crippen LogP contribution in [0.5, 0.6) is 11.8 Å². The van der Waals surface area contributed by atoms with Crippen LogP contribution in [0.25, 0.3) is 10.9 Å². The first-order valence-electron chi connectivity index (χ1n) is 5.67. The quantitative estimate of drug-likeness (QED) is 0.723. The molecule has 1 heterocycles. The van der Waals surface area contributed by atoms with Gasteiger partial charge in [0, 0.05) is 22.7 Å².